The molecular weight excluding hydrogens is 450 g/mol. The Hall–Kier alpha value is -3.27. The molecule has 9 heteroatoms. The highest BCUT2D eigenvalue weighted by Gasteiger charge is 2.20. The van der Waals surface area contributed by atoms with Gasteiger partial charge in [0.15, 0.2) is 0 Å². The molecule has 8 nitrogen and oxygen atoms in total. The summed E-state index contributed by atoms with van der Waals surface area (Å²) in [5.74, 6) is -0.155. The van der Waals surface area contributed by atoms with E-state index < -0.39 is 0 Å². The molecule has 34 heavy (non-hydrogen) atoms. The Morgan fingerprint density at radius 2 is 1.59 bits per heavy atom. The van der Waals surface area contributed by atoms with Gasteiger partial charge in [-0.25, -0.2) is 9.78 Å². The summed E-state index contributed by atoms with van der Waals surface area (Å²) >= 11 is 1.62. The number of piperazine rings is 1. The molecule has 1 aliphatic heterocycles. The Labute approximate surface area is 203 Å². The first kappa shape index (κ1) is 23.9. The summed E-state index contributed by atoms with van der Waals surface area (Å²) in [6.45, 7) is 6.91. The van der Waals surface area contributed by atoms with Crippen molar-refractivity contribution in [1.82, 2.24) is 14.8 Å². The average Bonchev–Trinajstić information content (AvgIpc) is 3.30. The molecule has 2 heterocycles. The molecule has 1 saturated heterocycles. The number of hydrogen-bond donors (Lipinski definition) is 2. The van der Waals surface area contributed by atoms with E-state index in [2.05, 4.69) is 25.8 Å². The van der Waals surface area contributed by atoms with Gasteiger partial charge in [-0.15, -0.1) is 11.3 Å². The van der Waals surface area contributed by atoms with Crippen LogP contribution in [0.1, 0.15) is 12.6 Å². The fourth-order valence-corrected chi connectivity index (χ4v) is 4.56. The maximum absolute atomic E-state index is 12.2. The minimum Gasteiger partial charge on any atom is -0.465 e. The van der Waals surface area contributed by atoms with Crippen LogP contribution in [0.25, 0.3) is 10.6 Å². The highest BCUT2D eigenvalue weighted by molar-refractivity contribution is 7.13. The predicted octanol–water partition coefficient (Wildman–Crippen LogP) is 4.13. The normalized spacial score (nSPS) is 14.5. The molecule has 0 spiro atoms. The van der Waals surface area contributed by atoms with Gasteiger partial charge in [0, 0.05) is 55.0 Å². The number of nitrogens with zero attached hydrogens (tertiary/aromatic N) is 3. The molecule has 1 aliphatic rings. The number of carbonyl (C=O) groups is 2. The number of nitrogens with one attached hydrogen (secondary N) is 2. The molecule has 0 saturated carbocycles. The van der Waals surface area contributed by atoms with Crippen LogP contribution in [0.3, 0.4) is 0 Å². The van der Waals surface area contributed by atoms with Gasteiger partial charge < -0.3 is 15.4 Å². The number of esters is 1. The van der Waals surface area contributed by atoms with Crippen molar-refractivity contribution in [1.29, 1.82) is 0 Å². The highest BCUT2D eigenvalue weighted by Crippen LogP contribution is 2.26. The van der Waals surface area contributed by atoms with Crippen molar-refractivity contribution in [3.8, 4) is 10.6 Å². The van der Waals surface area contributed by atoms with Crippen molar-refractivity contribution in [3.63, 3.8) is 0 Å². The lowest BCUT2D eigenvalue weighted by Crippen LogP contribution is -2.47. The van der Waals surface area contributed by atoms with E-state index in [1.807, 2.05) is 61.5 Å². The summed E-state index contributed by atoms with van der Waals surface area (Å²) in [6, 6.07) is 16.7. The minimum absolute atomic E-state index is 0.155. The lowest BCUT2D eigenvalue weighted by Gasteiger charge is -2.33. The first-order valence-electron chi connectivity index (χ1n) is 11.4. The maximum Gasteiger partial charge on any atom is 0.323 e. The van der Waals surface area contributed by atoms with E-state index in [4.69, 9.17) is 9.72 Å². The molecule has 2 N–H and O–H groups in total. The van der Waals surface area contributed by atoms with E-state index in [9.17, 15) is 9.59 Å². The highest BCUT2D eigenvalue weighted by atomic mass is 32.1. The number of benzene rings is 2. The van der Waals surface area contributed by atoms with Crippen molar-refractivity contribution in [3.05, 3.63) is 65.7 Å². The molecule has 0 unspecified atom stereocenters. The number of anilines is 2. The number of rotatable bonds is 8. The fourth-order valence-electron chi connectivity index (χ4n) is 3.75. The van der Waals surface area contributed by atoms with E-state index in [1.165, 1.54) is 0 Å². The molecule has 4 rings (SSSR count). The molecule has 0 radical (unpaired) electrons. The first-order valence-corrected chi connectivity index (χ1v) is 12.3. The third-order valence-electron chi connectivity index (χ3n) is 5.48. The van der Waals surface area contributed by atoms with Crippen LogP contribution < -0.4 is 10.6 Å². The molecule has 0 atom stereocenters. The van der Waals surface area contributed by atoms with Gasteiger partial charge in [0.1, 0.15) is 5.01 Å². The van der Waals surface area contributed by atoms with Crippen molar-refractivity contribution in [2.75, 3.05) is 50.0 Å². The van der Waals surface area contributed by atoms with Crippen LogP contribution in [0, 0.1) is 0 Å². The van der Waals surface area contributed by atoms with E-state index in [0.717, 1.165) is 60.4 Å². The van der Waals surface area contributed by atoms with Crippen LogP contribution in [0.2, 0.25) is 0 Å². The fraction of sp³-hybridized carbons (Fsp3) is 0.320. The number of para-hydroxylation sites is 1. The summed E-state index contributed by atoms with van der Waals surface area (Å²) in [4.78, 5) is 33.1. The predicted molar refractivity (Wildman–Crippen MR) is 135 cm³/mol. The van der Waals surface area contributed by atoms with Crippen LogP contribution in [-0.2, 0) is 16.1 Å². The quantitative estimate of drug-likeness (QED) is 0.473. The Balaban J connectivity index is 1.25. The zero-order valence-corrected chi connectivity index (χ0v) is 20.0. The number of thiazole rings is 1. The lowest BCUT2D eigenvalue weighted by atomic mass is 10.2. The summed E-state index contributed by atoms with van der Waals surface area (Å²) in [5, 5.41) is 8.70. The van der Waals surface area contributed by atoms with E-state index >= 15 is 0 Å². The minimum atomic E-state index is -0.280. The maximum atomic E-state index is 12.2. The van der Waals surface area contributed by atoms with Gasteiger partial charge in [-0.1, -0.05) is 18.2 Å². The van der Waals surface area contributed by atoms with Crippen LogP contribution >= 0.6 is 11.3 Å². The zero-order chi connectivity index (χ0) is 23.8. The first-order chi connectivity index (χ1) is 16.6. The van der Waals surface area contributed by atoms with Gasteiger partial charge in [-0.3, -0.25) is 14.6 Å². The molecule has 2 aromatic carbocycles. The molecule has 0 aliphatic carbocycles. The van der Waals surface area contributed by atoms with E-state index in [0.29, 0.717) is 13.2 Å². The van der Waals surface area contributed by atoms with Gasteiger partial charge in [-0.05, 0) is 43.3 Å². The lowest BCUT2D eigenvalue weighted by molar-refractivity contribution is -0.144. The second-order valence-corrected chi connectivity index (χ2v) is 8.88. The molecule has 178 valence electrons. The van der Waals surface area contributed by atoms with Crippen molar-refractivity contribution in [2.24, 2.45) is 0 Å². The van der Waals surface area contributed by atoms with Gasteiger partial charge in [0.05, 0.1) is 18.8 Å². The topological polar surface area (TPSA) is 86.8 Å². The SMILES string of the molecule is CCOC(=O)CN1CCN(Cc2csc(-c3ccc(NC(=O)Nc4ccccc4)cc3)n2)CC1. The number of aromatic nitrogens is 1. The van der Waals surface area contributed by atoms with Gasteiger partial charge in [0.25, 0.3) is 0 Å². The third-order valence-corrected chi connectivity index (χ3v) is 6.42. The summed E-state index contributed by atoms with van der Waals surface area (Å²) < 4.78 is 5.04. The van der Waals surface area contributed by atoms with Crippen molar-refractivity contribution >= 4 is 34.7 Å². The average molecular weight is 480 g/mol. The smallest absolute Gasteiger partial charge is 0.323 e. The van der Waals surface area contributed by atoms with Gasteiger partial charge in [0.2, 0.25) is 0 Å². The number of carbonyl (C=O) groups excluding carboxylic acids is 2. The molecule has 3 aromatic rings. The second-order valence-electron chi connectivity index (χ2n) is 8.02. The Morgan fingerprint density at radius 1 is 0.941 bits per heavy atom. The number of hydrogen-bond acceptors (Lipinski definition) is 7. The molecule has 2 amide bonds. The molecule has 0 bridgehead atoms. The molecule has 1 aromatic heterocycles. The standard InChI is InChI=1S/C25H29N5O3S/c1-2-33-23(31)17-30-14-12-29(13-15-30)16-22-18-34-24(26-22)19-8-10-21(11-9-19)28-25(32)27-20-6-4-3-5-7-20/h3-11,18H,2,12-17H2,1H3,(H2,27,28,32). The van der Waals surface area contributed by atoms with Crippen LogP contribution in [0.4, 0.5) is 16.2 Å². The Morgan fingerprint density at radius 3 is 2.26 bits per heavy atom. The summed E-state index contributed by atoms with van der Waals surface area (Å²) in [5.41, 5.74) is 3.52. The molecule has 1 fully saturated rings. The van der Waals surface area contributed by atoms with E-state index in [-0.39, 0.29) is 12.0 Å². The third kappa shape index (κ3) is 6.86. The van der Waals surface area contributed by atoms with Crippen molar-refractivity contribution in [2.45, 2.75) is 13.5 Å². The zero-order valence-electron chi connectivity index (χ0n) is 19.2. The number of amides is 2. The number of ether oxygens (including phenoxy) is 1. The number of urea groups is 1. The monoisotopic (exact) mass is 479 g/mol. The van der Waals surface area contributed by atoms with E-state index in [1.54, 1.807) is 11.3 Å². The Bertz CT molecular complexity index is 1080. The van der Waals surface area contributed by atoms with Crippen LogP contribution in [0.5, 0.6) is 0 Å². The summed E-state index contributed by atoms with van der Waals surface area (Å²) in [7, 11) is 0. The molecular formula is C25H29N5O3S. The van der Waals surface area contributed by atoms with Gasteiger partial charge >= 0.3 is 12.0 Å². The van der Waals surface area contributed by atoms with Crippen LogP contribution in [-0.4, -0.2) is 66.1 Å². The van der Waals surface area contributed by atoms with Gasteiger partial charge in [-0.2, -0.15) is 0 Å². The Kier molecular flexibility index (Phi) is 8.24. The van der Waals surface area contributed by atoms with Crippen LogP contribution in [0.15, 0.2) is 60.0 Å². The second kappa shape index (κ2) is 11.7. The largest absolute Gasteiger partial charge is 0.465 e. The van der Waals surface area contributed by atoms with Crippen molar-refractivity contribution < 1.29 is 14.3 Å². The summed E-state index contributed by atoms with van der Waals surface area (Å²) in [6.07, 6.45) is 0.